The van der Waals surface area contributed by atoms with Crippen molar-refractivity contribution in [1.82, 2.24) is 4.90 Å². The smallest absolute Gasteiger partial charge is 0.290 e. The van der Waals surface area contributed by atoms with Crippen molar-refractivity contribution in [3.05, 3.63) is 81.2 Å². The van der Waals surface area contributed by atoms with Crippen molar-refractivity contribution in [1.29, 1.82) is 0 Å². The summed E-state index contributed by atoms with van der Waals surface area (Å²) in [4.78, 5) is 27.5. The van der Waals surface area contributed by atoms with Gasteiger partial charge in [0.15, 0.2) is 11.5 Å². The number of hydrogen-bond acceptors (Lipinski definition) is 5. The van der Waals surface area contributed by atoms with Gasteiger partial charge in [-0.25, -0.2) is 0 Å². The summed E-state index contributed by atoms with van der Waals surface area (Å²) in [5.41, 5.74) is 0.999. The molecule has 0 spiro atoms. The Kier molecular flexibility index (Phi) is 5.56. The van der Waals surface area contributed by atoms with E-state index in [9.17, 15) is 14.7 Å². The average Bonchev–Trinajstić information content (AvgIpc) is 3.28. The second kappa shape index (κ2) is 8.14. The molecule has 154 valence electrons. The predicted octanol–water partition coefficient (Wildman–Crippen LogP) is 4.96. The molecular weight excluding hydrogens is 429 g/mol. The van der Waals surface area contributed by atoms with E-state index >= 15 is 0 Å². The van der Waals surface area contributed by atoms with Crippen LogP contribution in [-0.4, -0.2) is 42.0 Å². The molecule has 1 aromatic heterocycles. The van der Waals surface area contributed by atoms with Gasteiger partial charge in [-0.05, 0) is 29.8 Å². The number of aliphatic hydroxyl groups excluding tert-OH is 1. The van der Waals surface area contributed by atoms with Crippen molar-refractivity contribution >= 4 is 45.9 Å². The highest BCUT2D eigenvalue weighted by Gasteiger charge is 2.44. The highest BCUT2D eigenvalue weighted by molar-refractivity contribution is 6.42. The first-order valence-electron chi connectivity index (χ1n) is 9.13. The maximum absolute atomic E-state index is 13.3. The van der Waals surface area contributed by atoms with Crippen molar-refractivity contribution in [2.45, 2.75) is 6.04 Å². The fourth-order valence-corrected chi connectivity index (χ4v) is 3.87. The number of ether oxygens (including phenoxy) is 1. The van der Waals surface area contributed by atoms with Crippen molar-refractivity contribution in [2.75, 3.05) is 20.3 Å². The monoisotopic (exact) mass is 445 g/mol. The number of para-hydroxylation sites is 1. The van der Waals surface area contributed by atoms with Crippen LogP contribution in [-0.2, 0) is 9.53 Å². The van der Waals surface area contributed by atoms with Gasteiger partial charge in [-0.15, -0.1) is 0 Å². The molecule has 30 heavy (non-hydrogen) atoms. The van der Waals surface area contributed by atoms with Gasteiger partial charge in [0.1, 0.15) is 5.58 Å². The van der Waals surface area contributed by atoms with Crippen LogP contribution in [0.4, 0.5) is 0 Å². The van der Waals surface area contributed by atoms with E-state index in [1.165, 1.54) is 12.0 Å². The Morgan fingerprint density at radius 2 is 1.93 bits per heavy atom. The first-order chi connectivity index (χ1) is 14.4. The van der Waals surface area contributed by atoms with Crippen molar-refractivity contribution in [2.24, 2.45) is 0 Å². The van der Waals surface area contributed by atoms with Crippen LogP contribution in [0.1, 0.15) is 22.2 Å². The van der Waals surface area contributed by atoms with Gasteiger partial charge in [-0.2, -0.15) is 0 Å². The second-order valence-corrected chi connectivity index (χ2v) is 7.62. The van der Waals surface area contributed by atoms with E-state index in [-0.39, 0.29) is 29.5 Å². The molecule has 0 aliphatic carbocycles. The summed E-state index contributed by atoms with van der Waals surface area (Å²) < 4.78 is 10.8. The molecule has 0 saturated heterocycles. The lowest BCUT2D eigenvalue weighted by Crippen LogP contribution is -2.34. The summed E-state index contributed by atoms with van der Waals surface area (Å²) in [6, 6.07) is 12.7. The predicted molar refractivity (Wildman–Crippen MR) is 113 cm³/mol. The lowest BCUT2D eigenvalue weighted by molar-refractivity contribution is -0.130. The maximum atomic E-state index is 13.3. The van der Waals surface area contributed by atoms with Gasteiger partial charge in [0.2, 0.25) is 5.78 Å². The lowest BCUT2D eigenvalue weighted by Gasteiger charge is -2.26. The Balaban J connectivity index is 1.82. The number of rotatable bonds is 6. The summed E-state index contributed by atoms with van der Waals surface area (Å²) in [5.74, 6) is -1.83. The Labute approximate surface area is 182 Å². The van der Waals surface area contributed by atoms with Gasteiger partial charge >= 0.3 is 0 Å². The molecular formula is C22H17Cl2NO5. The minimum atomic E-state index is -0.858. The fourth-order valence-electron chi connectivity index (χ4n) is 3.56. The second-order valence-electron chi connectivity index (χ2n) is 6.81. The van der Waals surface area contributed by atoms with Gasteiger partial charge in [0.05, 0.1) is 28.3 Å². The zero-order valence-electron chi connectivity index (χ0n) is 15.9. The Hall–Kier alpha value is -2.80. The minimum absolute atomic E-state index is 0.0317. The molecule has 0 saturated carbocycles. The molecule has 4 rings (SSSR count). The highest BCUT2D eigenvalue weighted by atomic mass is 35.5. The molecule has 0 radical (unpaired) electrons. The summed E-state index contributed by atoms with van der Waals surface area (Å²) in [5, 5.41) is 12.0. The normalized spacial score (nSPS) is 16.7. The summed E-state index contributed by atoms with van der Waals surface area (Å²) >= 11 is 12.2. The zero-order chi connectivity index (χ0) is 21.4. The fraction of sp³-hybridized carbons (Fsp3) is 0.182. The molecule has 1 unspecified atom stereocenters. The first kappa shape index (κ1) is 20.5. The Bertz CT molecular complexity index is 1150. The van der Waals surface area contributed by atoms with Crippen molar-refractivity contribution < 1.29 is 23.8 Å². The van der Waals surface area contributed by atoms with E-state index in [2.05, 4.69) is 0 Å². The number of carbonyl (C=O) groups is 2. The van der Waals surface area contributed by atoms with E-state index in [1.54, 1.807) is 36.4 Å². The number of halogens is 2. The number of amides is 1. The molecule has 1 aliphatic heterocycles. The third-order valence-corrected chi connectivity index (χ3v) is 5.73. The standard InChI is InChI=1S/C22H17Cl2NO5/c1-29-9-8-25-19(13-6-7-14(23)15(24)10-13)18(21(27)22(25)28)20(26)17-11-12-4-2-3-5-16(12)30-17/h2-7,10-11,19,27H,8-9H2,1H3. The van der Waals surface area contributed by atoms with Crippen molar-refractivity contribution in [3.8, 4) is 0 Å². The van der Waals surface area contributed by atoms with Crippen LogP contribution in [0, 0.1) is 0 Å². The molecule has 0 fully saturated rings. The van der Waals surface area contributed by atoms with Crippen LogP contribution < -0.4 is 0 Å². The average molecular weight is 446 g/mol. The van der Waals surface area contributed by atoms with Crippen LogP contribution in [0.2, 0.25) is 10.0 Å². The molecule has 6 nitrogen and oxygen atoms in total. The third-order valence-electron chi connectivity index (χ3n) is 4.99. The van der Waals surface area contributed by atoms with E-state index in [0.29, 0.717) is 16.2 Å². The van der Waals surface area contributed by atoms with Gasteiger partial charge in [0.25, 0.3) is 5.91 Å². The SMILES string of the molecule is COCCN1C(=O)C(O)=C(C(=O)c2cc3ccccc3o2)C1c1ccc(Cl)c(Cl)c1. The first-order valence-corrected chi connectivity index (χ1v) is 9.89. The molecule has 3 aromatic rings. The van der Waals surface area contributed by atoms with Gasteiger partial charge < -0.3 is 19.2 Å². The summed E-state index contributed by atoms with van der Waals surface area (Å²) in [6.45, 7) is 0.393. The number of methoxy groups -OCH3 is 1. The van der Waals surface area contributed by atoms with Crippen LogP contribution >= 0.6 is 23.2 Å². The van der Waals surface area contributed by atoms with Crippen molar-refractivity contribution in [3.63, 3.8) is 0 Å². The molecule has 2 aromatic carbocycles. The number of fused-ring (bicyclic) bond motifs is 1. The molecule has 1 aliphatic rings. The maximum Gasteiger partial charge on any atom is 0.290 e. The lowest BCUT2D eigenvalue weighted by atomic mass is 9.95. The number of benzene rings is 2. The van der Waals surface area contributed by atoms with Crippen LogP contribution in [0.15, 0.2) is 64.3 Å². The molecule has 2 heterocycles. The molecule has 8 heteroatoms. The van der Waals surface area contributed by atoms with Gasteiger partial charge in [-0.1, -0.05) is 47.5 Å². The van der Waals surface area contributed by atoms with Crippen LogP contribution in [0.5, 0.6) is 0 Å². The van der Waals surface area contributed by atoms with Crippen LogP contribution in [0.25, 0.3) is 11.0 Å². The topological polar surface area (TPSA) is 80.0 Å². The number of furan rings is 1. The number of Topliss-reactive ketones (excluding diaryl/α,β-unsaturated/α-hetero) is 1. The quantitative estimate of drug-likeness (QED) is 0.542. The van der Waals surface area contributed by atoms with Gasteiger partial charge in [-0.3, -0.25) is 9.59 Å². The molecule has 1 N–H and O–H groups in total. The summed E-state index contributed by atoms with van der Waals surface area (Å²) in [6.07, 6.45) is 0. The molecule has 0 bridgehead atoms. The number of hydrogen-bond donors (Lipinski definition) is 1. The summed E-state index contributed by atoms with van der Waals surface area (Å²) in [7, 11) is 1.50. The van der Waals surface area contributed by atoms with E-state index in [0.717, 1.165) is 5.39 Å². The zero-order valence-corrected chi connectivity index (χ0v) is 17.4. The number of ketones is 1. The van der Waals surface area contributed by atoms with Gasteiger partial charge in [0, 0.05) is 19.0 Å². The number of nitrogens with zero attached hydrogens (tertiary/aromatic N) is 1. The highest BCUT2D eigenvalue weighted by Crippen LogP contribution is 2.40. The largest absolute Gasteiger partial charge is 0.503 e. The molecule has 1 atom stereocenters. The molecule has 1 amide bonds. The number of carbonyl (C=O) groups excluding carboxylic acids is 2. The van der Waals surface area contributed by atoms with E-state index in [4.69, 9.17) is 32.4 Å². The number of aliphatic hydroxyl groups is 1. The Morgan fingerprint density at radius 3 is 2.63 bits per heavy atom. The minimum Gasteiger partial charge on any atom is -0.503 e. The van der Waals surface area contributed by atoms with E-state index < -0.39 is 23.5 Å². The van der Waals surface area contributed by atoms with Crippen LogP contribution in [0.3, 0.4) is 0 Å². The Morgan fingerprint density at radius 1 is 1.17 bits per heavy atom. The third kappa shape index (κ3) is 3.47. The van der Waals surface area contributed by atoms with E-state index in [1.807, 2.05) is 12.1 Å².